The van der Waals surface area contributed by atoms with E-state index in [0.29, 0.717) is 18.8 Å². The summed E-state index contributed by atoms with van der Waals surface area (Å²) in [6.07, 6.45) is 11.9. The van der Waals surface area contributed by atoms with E-state index in [9.17, 15) is 5.11 Å². The van der Waals surface area contributed by atoms with Gasteiger partial charge in [0.2, 0.25) is 0 Å². The van der Waals surface area contributed by atoms with E-state index in [-0.39, 0.29) is 11.8 Å². The topological polar surface area (TPSA) is 55.5 Å². The van der Waals surface area contributed by atoms with E-state index >= 15 is 0 Å². The van der Waals surface area contributed by atoms with Crippen LogP contribution in [-0.2, 0) is 4.74 Å². The smallest absolute Gasteiger partial charge is 0.158 e. The van der Waals surface area contributed by atoms with Crippen LogP contribution >= 0.6 is 0 Å². The lowest BCUT2D eigenvalue weighted by atomic mass is 10.1. The fraction of sp³-hybridized carbons (Fsp3) is 0.385. The zero-order valence-electron chi connectivity index (χ0n) is 9.43. The van der Waals surface area contributed by atoms with Crippen LogP contribution in [0, 0.1) is 0 Å². The third-order valence-corrected chi connectivity index (χ3v) is 2.24. The molecule has 0 aromatic carbocycles. The Morgan fingerprint density at radius 3 is 3.06 bits per heavy atom. The Balaban J connectivity index is 2.29. The van der Waals surface area contributed by atoms with Crippen molar-refractivity contribution in [3.63, 3.8) is 0 Å². The number of unbranched alkanes of at least 4 members (excludes halogenated alkanes) is 1. The molecule has 1 aliphatic rings. The maximum absolute atomic E-state index is 9.50. The molecule has 0 aliphatic heterocycles. The summed E-state index contributed by atoms with van der Waals surface area (Å²) in [5, 5.41) is 9.50. The lowest BCUT2D eigenvalue weighted by Crippen LogP contribution is -2.20. The quantitative estimate of drug-likeness (QED) is 0.535. The van der Waals surface area contributed by atoms with Gasteiger partial charge in [0, 0.05) is 6.04 Å². The third kappa shape index (κ3) is 4.36. The second kappa shape index (κ2) is 6.90. The van der Waals surface area contributed by atoms with Crippen molar-refractivity contribution in [3.8, 4) is 0 Å². The average Bonchev–Trinajstić information content (AvgIpc) is 2.28. The van der Waals surface area contributed by atoms with Crippen molar-refractivity contribution in [1.82, 2.24) is 0 Å². The van der Waals surface area contributed by atoms with Crippen molar-refractivity contribution >= 4 is 0 Å². The van der Waals surface area contributed by atoms with Crippen molar-refractivity contribution < 1.29 is 9.84 Å². The molecule has 16 heavy (non-hydrogen) atoms. The molecule has 1 rings (SSSR count). The number of rotatable bonds is 6. The fourth-order valence-corrected chi connectivity index (χ4v) is 1.36. The molecule has 0 heterocycles. The molecular formula is C13H19NO2. The Bertz CT molecular complexity index is 316. The van der Waals surface area contributed by atoms with E-state index < -0.39 is 0 Å². The molecule has 88 valence electrons. The Morgan fingerprint density at radius 1 is 1.50 bits per heavy atom. The Morgan fingerprint density at radius 2 is 2.31 bits per heavy atom. The molecule has 1 atom stereocenters. The van der Waals surface area contributed by atoms with Gasteiger partial charge in [-0.25, -0.2) is 0 Å². The molecule has 0 fully saturated rings. The van der Waals surface area contributed by atoms with Crippen LogP contribution in [0.25, 0.3) is 0 Å². The van der Waals surface area contributed by atoms with E-state index in [1.54, 1.807) is 12.2 Å². The molecule has 0 aromatic heterocycles. The molecule has 0 amide bonds. The van der Waals surface area contributed by atoms with Gasteiger partial charge in [-0.05, 0) is 31.4 Å². The van der Waals surface area contributed by atoms with Gasteiger partial charge in [0.15, 0.2) is 11.5 Å². The summed E-state index contributed by atoms with van der Waals surface area (Å²) in [5.74, 6) is 0.660. The number of aliphatic hydroxyl groups is 1. The summed E-state index contributed by atoms with van der Waals surface area (Å²) in [5.41, 5.74) is 5.72. The average molecular weight is 221 g/mol. The normalized spacial score (nSPS) is 20.4. The third-order valence-electron chi connectivity index (χ3n) is 2.24. The zero-order chi connectivity index (χ0) is 11.8. The van der Waals surface area contributed by atoms with Gasteiger partial charge in [-0.2, -0.15) is 0 Å². The number of ether oxygens (including phenoxy) is 1. The molecule has 3 N–H and O–H groups in total. The molecule has 0 spiro atoms. The lowest BCUT2D eigenvalue weighted by Gasteiger charge is -2.15. The van der Waals surface area contributed by atoms with Gasteiger partial charge in [0.25, 0.3) is 0 Å². The van der Waals surface area contributed by atoms with Crippen LogP contribution < -0.4 is 5.73 Å². The molecule has 1 unspecified atom stereocenters. The molecule has 3 heteroatoms. The van der Waals surface area contributed by atoms with Crippen LogP contribution in [0.1, 0.15) is 19.3 Å². The number of hydrogen-bond donors (Lipinski definition) is 2. The Kier molecular flexibility index (Phi) is 5.43. The first-order valence-corrected chi connectivity index (χ1v) is 5.49. The molecular weight excluding hydrogens is 202 g/mol. The summed E-state index contributed by atoms with van der Waals surface area (Å²) in [4.78, 5) is 0. The van der Waals surface area contributed by atoms with Gasteiger partial charge in [-0.3, -0.25) is 0 Å². The molecule has 0 radical (unpaired) electrons. The highest BCUT2D eigenvalue weighted by Gasteiger charge is 2.12. The highest BCUT2D eigenvalue weighted by atomic mass is 16.5. The molecule has 0 saturated carbocycles. The van der Waals surface area contributed by atoms with Crippen molar-refractivity contribution in [2.24, 2.45) is 5.73 Å². The van der Waals surface area contributed by atoms with Crippen LogP contribution in [0.5, 0.6) is 0 Å². The lowest BCUT2D eigenvalue weighted by molar-refractivity contribution is 0.217. The molecule has 3 nitrogen and oxygen atoms in total. The summed E-state index contributed by atoms with van der Waals surface area (Å²) >= 11 is 0. The number of aliphatic hydroxyl groups excluding tert-OH is 1. The van der Waals surface area contributed by atoms with Crippen LogP contribution in [0.3, 0.4) is 0 Å². The van der Waals surface area contributed by atoms with Gasteiger partial charge in [-0.15, -0.1) is 6.58 Å². The first-order chi connectivity index (χ1) is 7.74. The second-order valence-electron chi connectivity index (χ2n) is 3.67. The molecule has 0 bridgehead atoms. The summed E-state index contributed by atoms with van der Waals surface area (Å²) in [6.45, 7) is 4.09. The summed E-state index contributed by atoms with van der Waals surface area (Å²) in [7, 11) is 0. The van der Waals surface area contributed by atoms with Gasteiger partial charge >= 0.3 is 0 Å². The molecule has 1 aliphatic carbocycles. The van der Waals surface area contributed by atoms with Crippen molar-refractivity contribution in [2.45, 2.75) is 25.3 Å². The van der Waals surface area contributed by atoms with Crippen molar-refractivity contribution in [2.75, 3.05) is 6.61 Å². The van der Waals surface area contributed by atoms with Crippen LogP contribution in [0.2, 0.25) is 0 Å². The highest BCUT2D eigenvalue weighted by molar-refractivity contribution is 5.25. The van der Waals surface area contributed by atoms with Gasteiger partial charge in [0.1, 0.15) is 6.61 Å². The maximum atomic E-state index is 9.50. The van der Waals surface area contributed by atoms with Gasteiger partial charge in [0.05, 0.1) is 0 Å². The minimum atomic E-state index is -0.0596. The second-order valence-corrected chi connectivity index (χ2v) is 3.67. The minimum Gasteiger partial charge on any atom is -0.504 e. The van der Waals surface area contributed by atoms with Crippen molar-refractivity contribution in [1.29, 1.82) is 0 Å². The van der Waals surface area contributed by atoms with Crippen LogP contribution in [0.15, 0.2) is 48.5 Å². The zero-order valence-corrected chi connectivity index (χ0v) is 9.43. The van der Waals surface area contributed by atoms with E-state index in [0.717, 1.165) is 12.8 Å². The van der Waals surface area contributed by atoms with E-state index in [1.165, 1.54) is 0 Å². The first kappa shape index (κ1) is 12.6. The van der Waals surface area contributed by atoms with Crippen LogP contribution in [0.4, 0.5) is 0 Å². The predicted molar refractivity (Wildman–Crippen MR) is 65.9 cm³/mol. The van der Waals surface area contributed by atoms with Crippen molar-refractivity contribution in [3.05, 3.63) is 48.5 Å². The number of hydrogen-bond acceptors (Lipinski definition) is 3. The monoisotopic (exact) mass is 221 g/mol. The van der Waals surface area contributed by atoms with Gasteiger partial charge < -0.3 is 15.6 Å². The SMILES string of the molecule is C=CCC/C=C/COC1=CC(N)CC=C1O. The van der Waals surface area contributed by atoms with E-state index in [1.807, 2.05) is 18.2 Å². The largest absolute Gasteiger partial charge is 0.504 e. The Labute approximate surface area is 96.6 Å². The standard InChI is InChI=1S/C13H19NO2/c1-2-3-4-5-6-9-16-13-10-11(14)7-8-12(13)15/h2,5-6,8,10-11,15H,1,3-4,7,9,14H2/b6-5+. The Hall–Kier alpha value is -1.48. The molecule has 0 saturated heterocycles. The summed E-state index contributed by atoms with van der Waals surface area (Å²) in [6, 6.07) is -0.0596. The highest BCUT2D eigenvalue weighted by Crippen LogP contribution is 2.16. The van der Waals surface area contributed by atoms with Crippen LogP contribution in [-0.4, -0.2) is 17.8 Å². The fourth-order valence-electron chi connectivity index (χ4n) is 1.36. The van der Waals surface area contributed by atoms with E-state index in [2.05, 4.69) is 6.58 Å². The predicted octanol–water partition coefficient (Wildman–Crippen LogP) is 2.58. The van der Waals surface area contributed by atoms with Gasteiger partial charge in [-0.1, -0.05) is 18.2 Å². The number of allylic oxidation sites excluding steroid dienone is 2. The minimum absolute atomic E-state index is 0.0596. The maximum Gasteiger partial charge on any atom is 0.158 e. The number of nitrogens with two attached hydrogens (primary N) is 1. The summed E-state index contributed by atoms with van der Waals surface area (Å²) < 4.78 is 5.40. The first-order valence-electron chi connectivity index (χ1n) is 5.49. The molecule has 0 aromatic rings. The van der Waals surface area contributed by atoms with E-state index in [4.69, 9.17) is 10.5 Å².